The molecule has 6 heteroatoms. The van der Waals surface area contributed by atoms with Crippen molar-refractivity contribution in [2.45, 2.75) is 0 Å². The highest BCUT2D eigenvalue weighted by atomic mass is 79.9. The normalized spacial score (nSPS) is 25.3. The van der Waals surface area contributed by atoms with Crippen molar-refractivity contribution in [1.82, 2.24) is 0 Å². The lowest BCUT2D eigenvalue weighted by atomic mass is 9.96. The summed E-state index contributed by atoms with van der Waals surface area (Å²) in [4.78, 5) is 0. The summed E-state index contributed by atoms with van der Waals surface area (Å²) in [5.74, 6) is 0. The van der Waals surface area contributed by atoms with E-state index in [9.17, 15) is 4.57 Å². The van der Waals surface area contributed by atoms with Crippen LogP contribution in [0.1, 0.15) is 0 Å². The smallest absolute Gasteiger partial charge is 0.310 e. The maximum atomic E-state index is 10.7. The van der Waals surface area contributed by atoms with E-state index in [2.05, 4.69) is 31.9 Å². The fourth-order valence-electron chi connectivity index (χ4n) is 0.697. The van der Waals surface area contributed by atoms with Crippen LogP contribution < -0.4 is 0 Å². The summed E-state index contributed by atoms with van der Waals surface area (Å²) < 4.78 is 20.6. The molecule has 1 heterocycles. The van der Waals surface area contributed by atoms with Crippen LogP contribution in [0.4, 0.5) is 0 Å². The topological polar surface area (TPSA) is 35.5 Å². The van der Waals surface area contributed by atoms with Crippen LogP contribution in [0.2, 0.25) is 0 Å². The zero-order valence-electron chi connectivity index (χ0n) is 5.81. The van der Waals surface area contributed by atoms with Gasteiger partial charge in [-0.1, -0.05) is 31.9 Å². The monoisotopic (exact) mass is 306 g/mol. The van der Waals surface area contributed by atoms with Crippen molar-refractivity contribution in [3.05, 3.63) is 0 Å². The highest BCUT2D eigenvalue weighted by Gasteiger charge is 2.33. The summed E-state index contributed by atoms with van der Waals surface area (Å²) in [7, 11) is -2.17. The van der Waals surface area contributed by atoms with Crippen LogP contribution >= 0.6 is 40.1 Å². The molecule has 0 unspecified atom stereocenters. The molecular formula is C5H9Br2O3P. The molecule has 0 aromatic carbocycles. The highest BCUT2D eigenvalue weighted by molar-refractivity contribution is 9.09. The Hall–Kier alpha value is 1.11. The van der Waals surface area contributed by atoms with Crippen molar-refractivity contribution < 1.29 is 13.6 Å². The number of alkyl halides is 2. The van der Waals surface area contributed by atoms with Crippen LogP contribution in [0.3, 0.4) is 0 Å². The molecule has 1 aliphatic rings. The molecule has 66 valence electrons. The molecule has 0 aromatic rings. The van der Waals surface area contributed by atoms with Gasteiger partial charge in [0.2, 0.25) is 0 Å². The molecule has 11 heavy (non-hydrogen) atoms. The third-order valence-electron chi connectivity index (χ3n) is 1.56. The van der Waals surface area contributed by atoms with E-state index in [4.69, 9.17) is 9.05 Å². The van der Waals surface area contributed by atoms with Crippen molar-refractivity contribution in [2.75, 3.05) is 23.9 Å². The van der Waals surface area contributed by atoms with Gasteiger partial charge in [-0.15, -0.1) is 0 Å². The molecule has 1 aliphatic heterocycles. The van der Waals surface area contributed by atoms with Gasteiger partial charge < -0.3 is 9.05 Å². The summed E-state index contributed by atoms with van der Waals surface area (Å²) in [6.45, 7) is 1.00. The van der Waals surface area contributed by atoms with Crippen molar-refractivity contribution in [3.63, 3.8) is 0 Å². The van der Waals surface area contributed by atoms with E-state index in [-0.39, 0.29) is 5.41 Å². The van der Waals surface area contributed by atoms with E-state index in [1.54, 1.807) is 0 Å². The second-order valence-electron chi connectivity index (χ2n) is 2.59. The lowest BCUT2D eigenvalue weighted by Gasteiger charge is -2.32. The van der Waals surface area contributed by atoms with Crippen LogP contribution in [0, 0.1) is 5.41 Å². The Morgan fingerprint density at radius 2 is 1.73 bits per heavy atom. The fraction of sp³-hybridized carbons (Fsp3) is 1.00. The van der Waals surface area contributed by atoms with Crippen molar-refractivity contribution >= 4 is 40.1 Å². The van der Waals surface area contributed by atoms with Crippen molar-refractivity contribution in [3.8, 4) is 0 Å². The maximum Gasteiger partial charge on any atom is 0.319 e. The van der Waals surface area contributed by atoms with E-state index in [0.29, 0.717) is 13.2 Å². The highest BCUT2D eigenvalue weighted by Crippen LogP contribution is 2.38. The third-order valence-corrected chi connectivity index (χ3v) is 4.70. The molecule has 0 aliphatic carbocycles. The summed E-state index contributed by atoms with van der Waals surface area (Å²) in [6, 6.07) is 0. The maximum absolute atomic E-state index is 10.7. The van der Waals surface area contributed by atoms with Gasteiger partial charge in [-0.2, -0.15) is 0 Å². The Labute approximate surface area is 83.0 Å². The predicted octanol–water partition coefficient (Wildman–Crippen LogP) is 2.20. The first-order chi connectivity index (χ1) is 5.22. The zero-order valence-corrected chi connectivity index (χ0v) is 9.98. The van der Waals surface area contributed by atoms with Gasteiger partial charge in [0.05, 0.1) is 13.2 Å². The minimum Gasteiger partial charge on any atom is -0.310 e. The number of hydrogen-bond acceptors (Lipinski definition) is 3. The molecule has 1 saturated heterocycles. The van der Waals surface area contributed by atoms with E-state index < -0.39 is 8.25 Å². The van der Waals surface area contributed by atoms with Crippen LogP contribution in [0.15, 0.2) is 0 Å². The van der Waals surface area contributed by atoms with Gasteiger partial charge in [-0.05, 0) is 0 Å². The fourth-order valence-corrected chi connectivity index (χ4v) is 3.20. The van der Waals surface area contributed by atoms with E-state index >= 15 is 0 Å². The largest absolute Gasteiger partial charge is 0.319 e. The Morgan fingerprint density at radius 3 is 2.09 bits per heavy atom. The van der Waals surface area contributed by atoms with E-state index in [1.807, 2.05) is 0 Å². The molecular weight excluding hydrogens is 299 g/mol. The second kappa shape index (κ2) is 4.38. The summed E-state index contributed by atoms with van der Waals surface area (Å²) in [6.07, 6.45) is 0. The van der Waals surface area contributed by atoms with Gasteiger partial charge in [0.25, 0.3) is 0 Å². The first-order valence-corrected chi connectivity index (χ1v) is 6.61. The molecule has 0 amide bonds. The molecule has 0 spiro atoms. The van der Waals surface area contributed by atoms with Crippen LogP contribution in [0.5, 0.6) is 0 Å². The summed E-state index contributed by atoms with van der Waals surface area (Å²) in [5.41, 5.74) is -0.0431. The Balaban J connectivity index is 2.52. The van der Waals surface area contributed by atoms with E-state index in [1.165, 1.54) is 0 Å². The molecule has 1 fully saturated rings. The van der Waals surface area contributed by atoms with Crippen LogP contribution in [0.25, 0.3) is 0 Å². The van der Waals surface area contributed by atoms with Gasteiger partial charge in [0.15, 0.2) is 0 Å². The minimum atomic E-state index is -2.17. The van der Waals surface area contributed by atoms with E-state index in [0.717, 1.165) is 10.7 Å². The van der Waals surface area contributed by atoms with Gasteiger partial charge in [0, 0.05) is 16.1 Å². The first-order valence-electron chi connectivity index (χ1n) is 3.14. The van der Waals surface area contributed by atoms with Crippen LogP contribution in [-0.4, -0.2) is 23.9 Å². The molecule has 0 atom stereocenters. The Morgan fingerprint density at radius 1 is 1.27 bits per heavy atom. The number of rotatable bonds is 2. The number of hydrogen-bond donors (Lipinski definition) is 0. The molecule has 1 rings (SSSR count). The zero-order chi connectivity index (χ0) is 8.32. The van der Waals surface area contributed by atoms with Gasteiger partial charge in [-0.25, -0.2) is 0 Å². The minimum absolute atomic E-state index is 0.0431. The molecule has 0 saturated carbocycles. The lowest BCUT2D eigenvalue weighted by Crippen LogP contribution is -2.37. The first kappa shape index (κ1) is 10.2. The van der Waals surface area contributed by atoms with Gasteiger partial charge in [0.1, 0.15) is 0 Å². The number of halogens is 2. The molecule has 0 N–H and O–H groups in total. The van der Waals surface area contributed by atoms with Gasteiger partial charge in [-0.3, -0.25) is 4.57 Å². The molecule has 0 bridgehead atoms. The lowest BCUT2D eigenvalue weighted by molar-refractivity contribution is 0.0617. The Kier molecular flexibility index (Phi) is 4.05. The van der Waals surface area contributed by atoms with Crippen molar-refractivity contribution in [2.24, 2.45) is 5.41 Å². The predicted molar refractivity (Wildman–Crippen MR) is 50.9 cm³/mol. The average molecular weight is 308 g/mol. The summed E-state index contributed by atoms with van der Waals surface area (Å²) in [5, 5.41) is 1.58. The average Bonchev–Trinajstić information content (AvgIpc) is 2.07. The molecule has 0 aromatic heterocycles. The van der Waals surface area contributed by atoms with Crippen LogP contribution in [-0.2, 0) is 13.6 Å². The molecule has 3 nitrogen and oxygen atoms in total. The summed E-state index contributed by atoms with van der Waals surface area (Å²) >= 11 is 6.73. The third kappa shape index (κ3) is 2.52. The quantitative estimate of drug-likeness (QED) is 0.579. The molecule has 0 radical (unpaired) electrons. The second-order valence-corrected chi connectivity index (χ2v) is 4.79. The van der Waals surface area contributed by atoms with Gasteiger partial charge >= 0.3 is 8.25 Å². The standard InChI is InChI=1S/C5H9Br2O3P/c6-1-5(2-7)3-9-11(8)10-4-5/h11H,1-4H2. The Bertz CT molecular complexity index is 148. The van der Waals surface area contributed by atoms with Crippen molar-refractivity contribution in [1.29, 1.82) is 0 Å². The SMILES string of the molecule is O=[PH]1OCC(CBr)(CBr)CO1.